The molecule has 244 valence electrons. The number of carbonyl (C=O) groups is 2. The molecule has 0 rings (SSSR count). The minimum Gasteiger partial charge on any atom is -0.462 e. The SMILES string of the molecule is CC/C=C\C/C=C\C/C=C\C/C=C\C/C=C\CC(=O)OC(CO)COC(=O)CCCC/C=C\C/C=C\C/C=C\C/C=C\CC. The van der Waals surface area contributed by atoms with E-state index in [1.54, 1.807) is 6.08 Å². The van der Waals surface area contributed by atoms with Crippen LogP contribution in [-0.4, -0.2) is 36.4 Å². The highest BCUT2D eigenvalue weighted by Crippen LogP contribution is 2.05. The highest BCUT2D eigenvalue weighted by atomic mass is 16.6. The van der Waals surface area contributed by atoms with Crippen LogP contribution < -0.4 is 0 Å². The first kappa shape index (κ1) is 40.6. The van der Waals surface area contributed by atoms with Gasteiger partial charge in [-0.05, 0) is 77.0 Å². The van der Waals surface area contributed by atoms with E-state index in [1.165, 1.54) is 0 Å². The minimum absolute atomic E-state index is 0.106. The zero-order chi connectivity index (χ0) is 32.2. The Kier molecular flexibility index (Phi) is 31.4. The molecule has 0 aliphatic carbocycles. The van der Waals surface area contributed by atoms with Crippen LogP contribution >= 0.6 is 0 Å². The van der Waals surface area contributed by atoms with Crippen LogP contribution in [0.1, 0.15) is 104 Å². The number of allylic oxidation sites excluding steroid dienone is 17. The number of carbonyl (C=O) groups excluding carboxylic acids is 2. The van der Waals surface area contributed by atoms with Gasteiger partial charge in [0.25, 0.3) is 0 Å². The minimum atomic E-state index is -0.849. The van der Waals surface area contributed by atoms with Crippen LogP contribution in [-0.2, 0) is 19.1 Å². The van der Waals surface area contributed by atoms with Crippen molar-refractivity contribution in [3.63, 3.8) is 0 Å². The van der Waals surface area contributed by atoms with Crippen LogP contribution in [0.15, 0.2) is 109 Å². The highest BCUT2D eigenvalue weighted by molar-refractivity contribution is 5.71. The van der Waals surface area contributed by atoms with Crippen LogP contribution in [0, 0.1) is 0 Å². The van der Waals surface area contributed by atoms with Gasteiger partial charge in [-0.25, -0.2) is 0 Å². The normalized spacial score (nSPS) is 13.6. The van der Waals surface area contributed by atoms with Crippen molar-refractivity contribution in [2.75, 3.05) is 13.2 Å². The van der Waals surface area contributed by atoms with E-state index in [9.17, 15) is 14.7 Å². The molecule has 5 nitrogen and oxygen atoms in total. The van der Waals surface area contributed by atoms with Gasteiger partial charge < -0.3 is 14.6 Å². The summed E-state index contributed by atoms with van der Waals surface area (Å²) in [4.78, 5) is 24.0. The summed E-state index contributed by atoms with van der Waals surface area (Å²) in [5.41, 5.74) is 0. The van der Waals surface area contributed by atoms with Crippen molar-refractivity contribution in [3.05, 3.63) is 109 Å². The van der Waals surface area contributed by atoms with Crippen LogP contribution in [0.5, 0.6) is 0 Å². The summed E-state index contributed by atoms with van der Waals surface area (Å²) in [5.74, 6) is -0.804. The number of ether oxygens (including phenoxy) is 2. The number of unbranched alkanes of at least 4 members (excludes halogenated alkanes) is 2. The van der Waals surface area contributed by atoms with Crippen molar-refractivity contribution < 1.29 is 24.2 Å². The first-order valence-corrected chi connectivity index (χ1v) is 16.4. The van der Waals surface area contributed by atoms with Crippen molar-refractivity contribution in [2.24, 2.45) is 0 Å². The third-order valence-corrected chi connectivity index (χ3v) is 6.09. The van der Waals surface area contributed by atoms with Crippen molar-refractivity contribution in [3.8, 4) is 0 Å². The predicted octanol–water partition coefficient (Wildman–Crippen LogP) is 9.94. The zero-order valence-corrected chi connectivity index (χ0v) is 27.4. The fourth-order valence-electron chi connectivity index (χ4n) is 3.68. The lowest BCUT2D eigenvalue weighted by atomic mass is 10.2. The van der Waals surface area contributed by atoms with Crippen molar-refractivity contribution >= 4 is 11.9 Å². The Balaban J connectivity index is 3.87. The summed E-state index contributed by atoms with van der Waals surface area (Å²) in [5, 5.41) is 9.48. The number of hydrogen-bond acceptors (Lipinski definition) is 5. The molecule has 44 heavy (non-hydrogen) atoms. The Labute approximate surface area is 268 Å². The molecule has 0 radical (unpaired) electrons. The van der Waals surface area contributed by atoms with Crippen molar-refractivity contribution in [1.82, 2.24) is 0 Å². The molecule has 0 aromatic carbocycles. The Morgan fingerprint density at radius 1 is 0.545 bits per heavy atom. The van der Waals surface area contributed by atoms with Crippen LogP contribution in [0.4, 0.5) is 0 Å². The Bertz CT molecular complexity index is 959. The van der Waals surface area contributed by atoms with Crippen LogP contribution in [0.2, 0.25) is 0 Å². The Morgan fingerprint density at radius 3 is 1.39 bits per heavy atom. The average Bonchev–Trinajstić information content (AvgIpc) is 3.02. The first-order chi connectivity index (χ1) is 21.6. The van der Waals surface area contributed by atoms with E-state index >= 15 is 0 Å². The fourth-order valence-corrected chi connectivity index (χ4v) is 3.68. The number of aliphatic hydroxyl groups is 1. The second-order valence-corrected chi connectivity index (χ2v) is 10.1. The number of hydrogen-bond donors (Lipinski definition) is 1. The molecule has 0 aromatic rings. The molecule has 0 aliphatic rings. The van der Waals surface area contributed by atoms with Crippen molar-refractivity contribution in [2.45, 2.75) is 110 Å². The van der Waals surface area contributed by atoms with E-state index in [-0.39, 0.29) is 19.0 Å². The topological polar surface area (TPSA) is 72.8 Å². The summed E-state index contributed by atoms with van der Waals surface area (Å²) in [7, 11) is 0. The summed E-state index contributed by atoms with van der Waals surface area (Å²) in [6.45, 7) is 3.74. The van der Waals surface area contributed by atoms with Gasteiger partial charge in [0.15, 0.2) is 6.10 Å². The number of esters is 2. The van der Waals surface area contributed by atoms with Gasteiger partial charge in [0, 0.05) is 6.42 Å². The molecule has 0 saturated heterocycles. The van der Waals surface area contributed by atoms with Gasteiger partial charge in [-0.15, -0.1) is 0 Å². The standard InChI is InChI=1S/C39H58O5/c1-3-5-7-9-11-13-15-17-19-21-23-25-27-29-31-33-38(41)43-36-37(35-40)44-39(42)34-32-30-28-26-24-22-20-18-16-14-12-10-8-6-4-2/h5-8,11-14,17-20,23-26,30,32,37,40H,3-4,9-10,15-16,21-22,27-29,31,33-36H2,1-2H3/b7-5-,8-6-,13-11-,14-12-,19-17-,20-18-,25-23-,26-24-,32-30-. The molecule has 1 N–H and O–H groups in total. The molecular weight excluding hydrogens is 548 g/mol. The van der Waals surface area contributed by atoms with E-state index in [2.05, 4.69) is 111 Å². The quantitative estimate of drug-likeness (QED) is 0.0572. The van der Waals surface area contributed by atoms with E-state index in [0.717, 1.165) is 77.0 Å². The van der Waals surface area contributed by atoms with E-state index in [4.69, 9.17) is 9.47 Å². The van der Waals surface area contributed by atoms with Gasteiger partial charge >= 0.3 is 11.9 Å². The third kappa shape index (κ3) is 31.5. The second kappa shape index (κ2) is 34.1. The molecule has 0 amide bonds. The lowest BCUT2D eigenvalue weighted by Crippen LogP contribution is -2.28. The predicted molar refractivity (Wildman–Crippen MR) is 186 cm³/mol. The summed E-state index contributed by atoms with van der Waals surface area (Å²) < 4.78 is 10.4. The molecular formula is C39H58O5. The van der Waals surface area contributed by atoms with Gasteiger partial charge in [0.2, 0.25) is 0 Å². The lowest BCUT2D eigenvalue weighted by Gasteiger charge is -2.15. The summed E-state index contributed by atoms with van der Waals surface area (Å²) in [6, 6.07) is 0. The van der Waals surface area contributed by atoms with E-state index in [0.29, 0.717) is 6.42 Å². The molecule has 0 fully saturated rings. The summed E-state index contributed by atoms with van der Waals surface area (Å²) >= 11 is 0. The molecule has 0 heterocycles. The molecule has 1 atom stereocenters. The molecule has 0 aliphatic heterocycles. The van der Waals surface area contributed by atoms with Gasteiger partial charge in [0.05, 0.1) is 13.0 Å². The maximum absolute atomic E-state index is 12.0. The zero-order valence-electron chi connectivity index (χ0n) is 27.4. The molecule has 0 spiro atoms. The molecule has 1 unspecified atom stereocenters. The van der Waals surface area contributed by atoms with Gasteiger partial charge in [-0.2, -0.15) is 0 Å². The fraction of sp³-hybridized carbons (Fsp3) is 0.487. The van der Waals surface area contributed by atoms with Crippen LogP contribution in [0.3, 0.4) is 0 Å². The molecule has 0 aromatic heterocycles. The van der Waals surface area contributed by atoms with Gasteiger partial charge in [0.1, 0.15) is 6.61 Å². The monoisotopic (exact) mass is 606 g/mol. The third-order valence-electron chi connectivity index (χ3n) is 6.09. The summed E-state index contributed by atoms with van der Waals surface area (Å²) in [6.07, 6.45) is 48.8. The van der Waals surface area contributed by atoms with Gasteiger partial charge in [-0.1, -0.05) is 123 Å². The second-order valence-electron chi connectivity index (χ2n) is 10.1. The Morgan fingerprint density at radius 2 is 0.955 bits per heavy atom. The van der Waals surface area contributed by atoms with Crippen LogP contribution in [0.25, 0.3) is 0 Å². The number of aliphatic hydroxyl groups excluding tert-OH is 1. The first-order valence-electron chi connectivity index (χ1n) is 16.4. The Hall–Kier alpha value is -3.44. The molecule has 5 heteroatoms. The van der Waals surface area contributed by atoms with Crippen molar-refractivity contribution in [1.29, 1.82) is 0 Å². The smallest absolute Gasteiger partial charge is 0.310 e. The highest BCUT2D eigenvalue weighted by Gasteiger charge is 2.15. The van der Waals surface area contributed by atoms with E-state index < -0.39 is 18.7 Å². The lowest BCUT2D eigenvalue weighted by molar-refractivity contribution is -0.160. The van der Waals surface area contributed by atoms with Gasteiger partial charge in [-0.3, -0.25) is 9.59 Å². The molecule has 0 bridgehead atoms. The molecule has 0 saturated carbocycles. The largest absolute Gasteiger partial charge is 0.462 e. The maximum Gasteiger partial charge on any atom is 0.310 e. The number of rotatable bonds is 27. The maximum atomic E-state index is 12.0. The average molecular weight is 607 g/mol. The van der Waals surface area contributed by atoms with E-state index in [1.807, 2.05) is 6.08 Å².